The van der Waals surface area contributed by atoms with E-state index in [1.165, 1.54) is 0 Å². The number of aromatic nitrogens is 4. The van der Waals surface area contributed by atoms with Crippen molar-refractivity contribution in [2.45, 2.75) is 0 Å². The van der Waals surface area contributed by atoms with Crippen LogP contribution in [0.2, 0.25) is 5.15 Å². The van der Waals surface area contributed by atoms with Gasteiger partial charge in [0.05, 0.1) is 0 Å². The number of nitrogens with zero attached hydrogens (tertiary/aromatic N) is 4. The third kappa shape index (κ3) is 1.10. The molecule has 0 radical (unpaired) electrons. The summed E-state index contributed by atoms with van der Waals surface area (Å²) in [5, 5.41) is 8.00. The summed E-state index contributed by atoms with van der Waals surface area (Å²) in [6.07, 6.45) is 1.56. The van der Waals surface area contributed by atoms with Gasteiger partial charge in [-0.15, -0.1) is 10.2 Å². The smallest absolute Gasteiger partial charge is 0.205 e. The molecular weight excluding hydrogens is 231 g/mol. The first-order chi connectivity index (χ1) is 5.27. The largest absolute Gasteiger partial charge is 0.260 e. The lowest BCUT2D eigenvalue weighted by molar-refractivity contribution is 1.02. The van der Waals surface area contributed by atoms with Gasteiger partial charge >= 0.3 is 0 Å². The molecule has 0 saturated heterocycles. The molecule has 4 nitrogen and oxygen atoms in total. The molecule has 0 aliphatic carbocycles. The van der Waals surface area contributed by atoms with Gasteiger partial charge in [-0.3, -0.25) is 4.40 Å². The minimum absolute atomic E-state index is 0.414. The molecule has 0 amide bonds. The first kappa shape index (κ1) is 7.00. The average molecular weight is 233 g/mol. The number of halogens is 2. The molecule has 0 atom stereocenters. The topological polar surface area (TPSA) is 43.1 Å². The second-order valence-corrected chi connectivity index (χ2v) is 3.01. The normalized spacial score (nSPS) is 10.7. The molecule has 0 unspecified atom stereocenters. The molecule has 0 fully saturated rings. The quantitative estimate of drug-likeness (QED) is 0.648. The van der Waals surface area contributed by atoms with Crippen molar-refractivity contribution in [1.29, 1.82) is 0 Å². The molecule has 11 heavy (non-hydrogen) atoms. The second-order valence-electron chi connectivity index (χ2n) is 1.91. The van der Waals surface area contributed by atoms with Gasteiger partial charge in [-0.05, 0) is 15.9 Å². The Kier molecular flexibility index (Phi) is 1.54. The van der Waals surface area contributed by atoms with Crippen molar-refractivity contribution in [3.05, 3.63) is 22.3 Å². The van der Waals surface area contributed by atoms with E-state index >= 15 is 0 Å². The fourth-order valence-corrected chi connectivity index (χ4v) is 1.24. The molecule has 0 spiro atoms. The van der Waals surface area contributed by atoms with Gasteiger partial charge in [-0.25, -0.2) is 4.98 Å². The number of fused-ring (bicyclic) bond motifs is 1. The minimum Gasteiger partial charge on any atom is -0.260 e. The van der Waals surface area contributed by atoms with Crippen LogP contribution in [-0.2, 0) is 0 Å². The van der Waals surface area contributed by atoms with E-state index in [0.717, 1.165) is 0 Å². The van der Waals surface area contributed by atoms with Crippen LogP contribution < -0.4 is 0 Å². The van der Waals surface area contributed by atoms with Gasteiger partial charge in [0.25, 0.3) is 0 Å². The summed E-state index contributed by atoms with van der Waals surface area (Å²) in [7, 11) is 0. The van der Waals surface area contributed by atoms with E-state index in [2.05, 4.69) is 31.1 Å². The minimum atomic E-state index is 0.414. The van der Waals surface area contributed by atoms with Crippen LogP contribution in [0, 0.1) is 0 Å². The summed E-state index contributed by atoms with van der Waals surface area (Å²) in [5.74, 6) is 0. The van der Waals surface area contributed by atoms with Crippen molar-refractivity contribution in [2.24, 2.45) is 0 Å². The van der Waals surface area contributed by atoms with E-state index in [1.54, 1.807) is 16.8 Å². The third-order valence-electron chi connectivity index (χ3n) is 1.23. The van der Waals surface area contributed by atoms with Crippen molar-refractivity contribution >= 4 is 33.2 Å². The monoisotopic (exact) mass is 232 g/mol. The molecule has 0 aliphatic heterocycles. The molecule has 0 N–H and O–H groups in total. The molecular formula is C5H2BrClN4. The van der Waals surface area contributed by atoms with Crippen LogP contribution >= 0.6 is 27.5 Å². The van der Waals surface area contributed by atoms with Gasteiger partial charge in [-0.2, -0.15) is 0 Å². The van der Waals surface area contributed by atoms with Crippen molar-refractivity contribution in [1.82, 2.24) is 19.6 Å². The lowest BCUT2D eigenvalue weighted by Gasteiger charge is -1.90. The molecule has 0 saturated carbocycles. The summed E-state index contributed by atoms with van der Waals surface area (Å²) in [5.41, 5.74) is 0.678. The highest BCUT2D eigenvalue weighted by Gasteiger charge is 2.01. The lowest BCUT2D eigenvalue weighted by Crippen LogP contribution is -1.86. The molecule has 2 rings (SSSR count). The van der Waals surface area contributed by atoms with E-state index in [9.17, 15) is 0 Å². The van der Waals surface area contributed by atoms with Gasteiger partial charge < -0.3 is 0 Å². The highest BCUT2D eigenvalue weighted by molar-refractivity contribution is 9.10. The first-order valence-corrected chi connectivity index (χ1v) is 3.96. The Bertz CT molecular complexity index is 398. The summed E-state index contributed by atoms with van der Waals surface area (Å²) in [6.45, 7) is 0. The maximum Gasteiger partial charge on any atom is 0.205 e. The summed E-state index contributed by atoms with van der Waals surface area (Å²) in [4.78, 5) is 3.86. The zero-order valence-corrected chi connectivity index (χ0v) is 7.54. The standard InChI is InChI=1S/C5H2BrClN4/c6-5-10-9-4-1-3(7)8-2-11(4)5/h1-2H. The number of hydrogen-bond acceptors (Lipinski definition) is 3. The zero-order valence-electron chi connectivity index (χ0n) is 5.20. The number of rotatable bonds is 0. The molecule has 2 aromatic heterocycles. The summed E-state index contributed by atoms with van der Waals surface area (Å²) >= 11 is 8.82. The van der Waals surface area contributed by atoms with E-state index < -0.39 is 0 Å². The van der Waals surface area contributed by atoms with Gasteiger partial charge in [0.2, 0.25) is 4.73 Å². The predicted octanol–water partition coefficient (Wildman–Crippen LogP) is 1.54. The lowest BCUT2D eigenvalue weighted by atomic mass is 10.6. The molecule has 0 aromatic carbocycles. The maximum absolute atomic E-state index is 5.62. The van der Waals surface area contributed by atoms with Crippen LogP contribution in [0.4, 0.5) is 0 Å². The van der Waals surface area contributed by atoms with Crippen LogP contribution in [0.15, 0.2) is 17.1 Å². The van der Waals surface area contributed by atoms with Crippen LogP contribution in [-0.4, -0.2) is 19.6 Å². The van der Waals surface area contributed by atoms with Crippen LogP contribution in [0.1, 0.15) is 0 Å². The van der Waals surface area contributed by atoms with Crippen molar-refractivity contribution in [2.75, 3.05) is 0 Å². The molecule has 0 bridgehead atoms. The first-order valence-electron chi connectivity index (χ1n) is 2.79. The van der Waals surface area contributed by atoms with E-state index in [0.29, 0.717) is 15.5 Å². The van der Waals surface area contributed by atoms with E-state index in [-0.39, 0.29) is 0 Å². The Morgan fingerprint density at radius 1 is 1.45 bits per heavy atom. The average Bonchev–Trinajstić information content (AvgIpc) is 2.32. The highest BCUT2D eigenvalue weighted by atomic mass is 79.9. The van der Waals surface area contributed by atoms with E-state index in [1.807, 2.05) is 0 Å². The Hall–Kier alpha value is -0.680. The Morgan fingerprint density at radius 2 is 2.27 bits per heavy atom. The Labute approximate surface area is 75.3 Å². The fraction of sp³-hybridized carbons (Fsp3) is 0. The molecule has 2 heterocycles. The van der Waals surface area contributed by atoms with Gasteiger partial charge in [0, 0.05) is 6.07 Å². The summed E-state index contributed by atoms with van der Waals surface area (Å²) < 4.78 is 2.31. The number of hydrogen-bond donors (Lipinski definition) is 0. The van der Waals surface area contributed by atoms with Crippen LogP contribution in [0.5, 0.6) is 0 Å². The van der Waals surface area contributed by atoms with E-state index in [4.69, 9.17) is 11.6 Å². The molecule has 2 aromatic rings. The Morgan fingerprint density at radius 3 is 3.09 bits per heavy atom. The zero-order chi connectivity index (χ0) is 7.84. The van der Waals surface area contributed by atoms with Gasteiger partial charge in [-0.1, -0.05) is 11.6 Å². The Balaban J connectivity index is 2.86. The summed E-state index contributed by atoms with van der Waals surface area (Å²) in [6, 6.07) is 1.64. The van der Waals surface area contributed by atoms with Gasteiger partial charge in [0.15, 0.2) is 5.65 Å². The van der Waals surface area contributed by atoms with Crippen LogP contribution in [0.3, 0.4) is 0 Å². The molecule has 0 aliphatic rings. The van der Waals surface area contributed by atoms with Crippen molar-refractivity contribution < 1.29 is 0 Å². The van der Waals surface area contributed by atoms with Crippen molar-refractivity contribution in [3.8, 4) is 0 Å². The van der Waals surface area contributed by atoms with Gasteiger partial charge in [0.1, 0.15) is 11.5 Å². The fourth-order valence-electron chi connectivity index (χ4n) is 0.745. The predicted molar refractivity (Wildman–Crippen MR) is 43.5 cm³/mol. The second kappa shape index (κ2) is 2.42. The van der Waals surface area contributed by atoms with Crippen molar-refractivity contribution in [3.63, 3.8) is 0 Å². The SMILES string of the molecule is Clc1cc2nnc(Br)n2cn1. The van der Waals surface area contributed by atoms with Crippen LogP contribution in [0.25, 0.3) is 5.65 Å². The highest BCUT2D eigenvalue weighted by Crippen LogP contribution is 2.11. The third-order valence-corrected chi connectivity index (χ3v) is 1.97. The molecule has 6 heteroatoms. The maximum atomic E-state index is 5.62. The molecule has 56 valence electrons.